The van der Waals surface area contributed by atoms with Crippen molar-refractivity contribution < 1.29 is 0 Å². The Balaban J connectivity index is 1.28. The standard InChI is InChI=1S/C56H32/c1-5-13-41-37(9-1)45-21-17-33-26-50-42-14-6-2-10-38(42)47-23-19-36(31-55(47)50)28-52-44-16-8-4-12-40(44)48-24-20-35(32-56(48)52)27-51-43-15-7-3-11-39(43)46-22-18-34(30-54(46)51)25-49(41)53(45)29-33/h1-32H. The lowest BCUT2D eigenvalue weighted by Gasteiger charge is -1.98. The highest BCUT2D eigenvalue weighted by molar-refractivity contribution is 6.31. The van der Waals surface area contributed by atoms with Crippen molar-refractivity contribution in [1.29, 1.82) is 0 Å². The fourth-order valence-corrected chi connectivity index (χ4v) is 10.1. The lowest BCUT2D eigenvalue weighted by molar-refractivity contribution is 1.85. The maximum Gasteiger partial charge on any atom is -0.00928 e. The van der Waals surface area contributed by atoms with Crippen LogP contribution in [0.1, 0.15) is 0 Å². The molecule has 0 aliphatic heterocycles. The first kappa shape index (κ1) is 30.1. The normalized spacial score (nSPS) is 12.3. The van der Waals surface area contributed by atoms with Crippen molar-refractivity contribution in [3.8, 4) is 0 Å². The van der Waals surface area contributed by atoms with Crippen molar-refractivity contribution in [3.63, 3.8) is 0 Å². The summed E-state index contributed by atoms with van der Waals surface area (Å²) in [6.45, 7) is 0. The summed E-state index contributed by atoms with van der Waals surface area (Å²) < 4.78 is 0. The van der Waals surface area contributed by atoms with E-state index in [0.717, 1.165) is 0 Å². The number of rotatable bonds is 0. The van der Waals surface area contributed by atoms with E-state index in [1.54, 1.807) is 0 Å². The van der Waals surface area contributed by atoms with Gasteiger partial charge in [0, 0.05) is 0 Å². The van der Waals surface area contributed by atoms with Crippen LogP contribution in [-0.2, 0) is 0 Å². The Hall–Kier alpha value is -7.28. The molecule has 0 heterocycles. The summed E-state index contributed by atoms with van der Waals surface area (Å²) in [5.74, 6) is 0. The fourth-order valence-electron chi connectivity index (χ4n) is 10.1. The zero-order chi connectivity index (χ0) is 36.5. The van der Waals surface area contributed by atoms with Crippen LogP contribution in [-0.4, -0.2) is 0 Å². The van der Waals surface area contributed by atoms with Crippen LogP contribution in [0.15, 0.2) is 194 Å². The van der Waals surface area contributed by atoms with Crippen molar-refractivity contribution in [3.05, 3.63) is 194 Å². The number of hydrogen-bond donors (Lipinski definition) is 0. The Kier molecular flexibility index (Phi) is 5.98. The summed E-state index contributed by atoms with van der Waals surface area (Å²) in [7, 11) is 0. The van der Waals surface area contributed by atoms with Crippen LogP contribution in [0.2, 0.25) is 0 Å². The quantitative estimate of drug-likeness (QED) is 0.147. The third kappa shape index (κ3) is 4.19. The molecule has 0 amide bonds. The second-order valence-electron chi connectivity index (χ2n) is 15.6. The van der Waals surface area contributed by atoms with Crippen LogP contribution in [0.4, 0.5) is 0 Å². The number of fused-ring (bicyclic) bond motifs is 16. The number of benzene rings is 8. The van der Waals surface area contributed by atoms with Crippen LogP contribution in [0.25, 0.3) is 129 Å². The molecule has 0 spiro atoms. The first-order chi connectivity index (χ1) is 27.7. The highest BCUT2D eigenvalue weighted by Gasteiger charge is 2.13. The van der Waals surface area contributed by atoms with Gasteiger partial charge in [-0.2, -0.15) is 0 Å². The van der Waals surface area contributed by atoms with Gasteiger partial charge in [-0.05, 0) is 178 Å². The lowest BCUT2D eigenvalue weighted by atomic mass is 10.1. The Morgan fingerprint density at radius 2 is 0.268 bits per heavy atom. The second kappa shape index (κ2) is 11.1. The molecule has 0 fully saturated rings. The number of hydrogen-bond acceptors (Lipinski definition) is 0. The molecule has 0 saturated heterocycles. The van der Waals surface area contributed by atoms with Crippen molar-refractivity contribution >= 4 is 129 Å². The van der Waals surface area contributed by atoms with Gasteiger partial charge < -0.3 is 0 Å². The minimum Gasteiger partial charge on any atom is -0.0616 e. The molecule has 0 saturated carbocycles. The molecule has 0 unspecified atom stereocenters. The summed E-state index contributed by atoms with van der Waals surface area (Å²) in [6.07, 6.45) is 0. The first-order valence-corrected chi connectivity index (χ1v) is 19.6. The van der Waals surface area contributed by atoms with Crippen LogP contribution >= 0.6 is 0 Å². The van der Waals surface area contributed by atoms with Gasteiger partial charge in [-0.3, -0.25) is 0 Å². The lowest BCUT2D eigenvalue weighted by Crippen LogP contribution is -1.71. The van der Waals surface area contributed by atoms with Crippen molar-refractivity contribution in [2.45, 2.75) is 0 Å². The second-order valence-corrected chi connectivity index (χ2v) is 15.6. The van der Waals surface area contributed by atoms with E-state index in [1.165, 1.54) is 129 Å². The zero-order valence-electron chi connectivity index (χ0n) is 30.5. The Bertz CT molecular complexity index is 3410. The Labute approximate surface area is 322 Å². The summed E-state index contributed by atoms with van der Waals surface area (Å²) >= 11 is 0. The highest BCUT2D eigenvalue weighted by atomic mass is 14.2. The molecule has 0 radical (unpaired) electrons. The van der Waals surface area contributed by atoms with E-state index in [9.17, 15) is 0 Å². The van der Waals surface area contributed by atoms with Gasteiger partial charge in [0.1, 0.15) is 0 Å². The van der Waals surface area contributed by atoms with E-state index in [0.29, 0.717) is 0 Å². The summed E-state index contributed by atoms with van der Waals surface area (Å²) in [6, 6.07) is 73.4. The predicted molar refractivity (Wildman–Crippen MR) is 245 cm³/mol. The molecule has 56 heavy (non-hydrogen) atoms. The SMILES string of the molecule is c1ccc2c(c1)c1ccc3cc4c5ccccc5c5ccc(cc6c7ccccc7c7ccc(cc8c9ccccc9c9ccc(cc2c1c3)cc98)cc76)cc54. The maximum absolute atomic E-state index is 2.41. The van der Waals surface area contributed by atoms with Gasteiger partial charge in [-0.1, -0.05) is 146 Å². The summed E-state index contributed by atoms with van der Waals surface area (Å²) in [5.41, 5.74) is 0. The van der Waals surface area contributed by atoms with E-state index >= 15 is 0 Å². The molecule has 0 N–H and O–H groups in total. The van der Waals surface area contributed by atoms with Crippen molar-refractivity contribution in [1.82, 2.24) is 0 Å². The van der Waals surface area contributed by atoms with Gasteiger partial charge in [-0.25, -0.2) is 0 Å². The van der Waals surface area contributed by atoms with Crippen LogP contribution < -0.4 is 0 Å². The Morgan fingerprint density at radius 1 is 0.125 bits per heavy atom. The smallest absolute Gasteiger partial charge is 0.00928 e. The molecule has 13 aromatic rings. The van der Waals surface area contributed by atoms with E-state index in [4.69, 9.17) is 0 Å². The van der Waals surface area contributed by atoms with Gasteiger partial charge in [-0.15, -0.1) is 0 Å². The zero-order valence-corrected chi connectivity index (χ0v) is 30.5. The first-order valence-electron chi connectivity index (χ1n) is 19.6. The van der Waals surface area contributed by atoms with Crippen molar-refractivity contribution in [2.24, 2.45) is 0 Å². The van der Waals surface area contributed by atoms with Gasteiger partial charge in [0.05, 0.1) is 0 Å². The Morgan fingerprint density at radius 3 is 0.446 bits per heavy atom. The molecule has 13 aromatic carbocycles. The molecule has 256 valence electrons. The largest absolute Gasteiger partial charge is 0.0616 e. The third-order valence-corrected chi connectivity index (χ3v) is 12.6. The third-order valence-electron chi connectivity index (χ3n) is 12.6. The summed E-state index contributed by atoms with van der Waals surface area (Å²) in [4.78, 5) is 0. The van der Waals surface area contributed by atoms with E-state index in [1.807, 2.05) is 0 Å². The summed E-state index contributed by atoms with van der Waals surface area (Å²) in [5, 5.41) is 30.6. The van der Waals surface area contributed by atoms with Crippen molar-refractivity contribution in [2.75, 3.05) is 0 Å². The minimum atomic E-state index is 1.21. The van der Waals surface area contributed by atoms with E-state index in [2.05, 4.69) is 194 Å². The molecule has 0 atom stereocenters. The highest BCUT2D eigenvalue weighted by Crippen LogP contribution is 2.41. The average molecular weight is 705 g/mol. The molecule has 8 bridgehead atoms. The molecular weight excluding hydrogens is 673 g/mol. The fraction of sp³-hybridized carbons (Fsp3) is 0. The van der Waals surface area contributed by atoms with E-state index in [-0.39, 0.29) is 0 Å². The monoisotopic (exact) mass is 704 g/mol. The van der Waals surface area contributed by atoms with Crippen LogP contribution in [0, 0.1) is 0 Å². The molecule has 0 aliphatic rings. The molecule has 0 aliphatic carbocycles. The minimum absolute atomic E-state index is 1.21. The average Bonchev–Trinajstić information content (AvgIpc) is 3.93. The van der Waals surface area contributed by atoms with Crippen LogP contribution in [0.5, 0.6) is 0 Å². The van der Waals surface area contributed by atoms with E-state index < -0.39 is 0 Å². The topological polar surface area (TPSA) is 0 Å². The van der Waals surface area contributed by atoms with Gasteiger partial charge in [0.15, 0.2) is 0 Å². The predicted octanol–water partition coefficient (Wildman–Crippen LogP) is 16.1. The molecule has 0 nitrogen and oxygen atoms in total. The maximum atomic E-state index is 2.41. The molecular formula is C56H32. The van der Waals surface area contributed by atoms with Crippen LogP contribution in [0.3, 0.4) is 0 Å². The molecule has 0 aromatic heterocycles. The molecule has 0 heteroatoms. The van der Waals surface area contributed by atoms with Gasteiger partial charge in [0.25, 0.3) is 0 Å². The van der Waals surface area contributed by atoms with Gasteiger partial charge in [0.2, 0.25) is 0 Å². The van der Waals surface area contributed by atoms with Gasteiger partial charge >= 0.3 is 0 Å². The molecule has 13 rings (SSSR count).